The lowest BCUT2D eigenvalue weighted by Gasteiger charge is -2.34. The van der Waals surface area contributed by atoms with Gasteiger partial charge in [-0.1, -0.05) is 11.6 Å². The number of aromatic nitrogens is 2. The first-order valence-electron chi connectivity index (χ1n) is 9.05. The largest absolute Gasteiger partial charge is 0.340 e. The number of benzene rings is 2. The molecule has 9 heteroatoms. The van der Waals surface area contributed by atoms with Crippen LogP contribution >= 0.6 is 11.6 Å². The van der Waals surface area contributed by atoms with Crippen molar-refractivity contribution in [2.45, 2.75) is 25.2 Å². The van der Waals surface area contributed by atoms with E-state index in [2.05, 4.69) is 11.1 Å². The van der Waals surface area contributed by atoms with Gasteiger partial charge in [0.1, 0.15) is 6.17 Å². The molecule has 2 N–H and O–H groups in total. The molecule has 0 unspecified atom stereocenters. The van der Waals surface area contributed by atoms with Gasteiger partial charge in [0.25, 0.3) is 0 Å². The standard InChI is InChI=1S/C20H17ClF3N5/c21-13-2-1-11(8-25)12(5-13)9-29-19-7-16(24)15(23)6-18(19)27-20(29)28-4-3-14(22)17(26)10-28/h1-2,5-7,14,17H,3-4,9-10,26H2/t14-,17-/m1/s1. The van der Waals surface area contributed by atoms with Crippen LogP contribution in [0.2, 0.25) is 5.02 Å². The zero-order chi connectivity index (χ0) is 20.7. The van der Waals surface area contributed by atoms with Crippen molar-refractivity contribution in [3.05, 3.63) is 58.1 Å². The minimum Gasteiger partial charge on any atom is -0.340 e. The Hall–Kier alpha value is -2.76. The summed E-state index contributed by atoms with van der Waals surface area (Å²) in [5, 5.41) is 9.86. The molecule has 0 aliphatic carbocycles. The summed E-state index contributed by atoms with van der Waals surface area (Å²) in [6, 6.07) is 8.36. The van der Waals surface area contributed by atoms with E-state index >= 15 is 0 Å². The van der Waals surface area contributed by atoms with Gasteiger partial charge in [-0.3, -0.25) is 0 Å². The molecule has 1 saturated heterocycles. The zero-order valence-electron chi connectivity index (χ0n) is 15.2. The van der Waals surface area contributed by atoms with E-state index in [4.69, 9.17) is 17.3 Å². The topological polar surface area (TPSA) is 70.9 Å². The quantitative estimate of drug-likeness (QED) is 0.701. The maximum atomic E-state index is 14.0. The van der Waals surface area contributed by atoms with E-state index in [-0.39, 0.29) is 25.0 Å². The average Bonchev–Trinajstić information content (AvgIpc) is 3.02. The Bertz CT molecular complexity index is 1120. The SMILES string of the molecule is N#Cc1ccc(Cl)cc1Cn1c(N2CC[C@@H](F)[C@H](N)C2)nc2cc(F)c(F)cc21. The van der Waals surface area contributed by atoms with Crippen LogP contribution in [0.25, 0.3) is 11.0 Å². The summed E-state index contributed by atoms with van der Waals surface area (Å²) < 4.78 is 43.3. The number of imidazole rings is 1. The van der Waals surface area contributed by atoms with Crippen LogP contribution in [-0.4, -0.2) is 34.9 Å². The Morgan fingerprint density at radius 1 is 1.24 bits per heavy atom. The lowest BCUT2D eigenvalue weighted by Crippen LogP contribution is -2.50. The number of hydrogen-bond acceptors (Lipinski definition) is 4. The molecule has 2 atom stereocenters. The maximum absolute atomic E-state index is 14.0. The first kappa shape index (κ1) is 19.6. The van der Waals surface area contributed by atoms with Crippen LogP contribution in [0.15, 0.2) is 30.3 Å². The Balaban J connectivity index is 1.86. The highest BCUT2D eigenvalue weighted by atomic mass is 35.5. The summed E-state index contributed by atoms with van der Waals surface area (Å²) in [5.41, 5.74) is 7.51. The first-order valence-corrected chi connectivity index (χ1v) is 9.43. The fourth-order valence-electron chi connectivity index (χ4n) is 3.61. The number of fused-ring (bicyclic) bond motifs is 1. The van der Waals surface area contributed by atoms with Crippen LogP contribution in [0.5, 0.6) is 0 Å². The summed E-state index contributed by atoms with van der Waals surface area (Å²) in [6.07, 6.45) is -0.884. The van der Waals surface area contributed by atoms with Gasteiger partial charge in [0, 0.05) is 30.2 Å². The third-order valence-electron chi connectivity index (χ3n) is 5.14. The van der Waals surface area contributed by atoms with Gasteiger partial charge in [-0.2, -0.15) is 5.26 Å². The van der Waals surface area contributed by atoms with E-state index in [1.807, 2.05) is 0 Å². The predicted octanol–water partition coefficient (Wildman–Crippen LogP) is 3.76. The van der Waals surface area contributed by atoms with Crippen molar-refractivity contribution in [3.8, 4) is 6.07 Å². The second-order valence-corrected chi connectivity index (χ2v) is 7.52. The van der Waals surface area contributed by atoms with E-state index in [0.717, 1.165) is 12.1 Å². The van der Waals surface area contributed by atoms with Gasteiger partial charge < -0.3 is 15.2 Å². The van der Waals surface area contributed by atoms with Crippen LogP contribution in [-0.2, 0) is 6.54 Å². The molecule has 0 amide bonds. The van der Waals surface area contributed by atoms with Gasteiger partial charge in [-0.05, 0) is 30.2 Å². The molecule has 0 bridgehead atoms. The zero-order valence-corrected chi connectivity index (χ0v) is 16.0. The molecule has 1 aliphatic rings. The second kappa shape index (κ2) is 7.58. The van der Waals surface area contributed by atoms with Crippen molar-refractivity contribution < 1.29 is 13.2 Å². The molecule has 4 rings (SSSR count). The molecule has 150 valence electrons. The smallest absolute Gasteiger partial charge is 0.206 e. The van der Waals surface area contributed by atoms with E-state index in [1.165, 1.54) is 0 Å². The Morgan fingerprint density at radius 2 is 2.00 bits per heavy atom. The Labute approximate surface area is 170 Å². The minimum absolute atomic E-state index is 0.158. The fraction of sp³-hybridized carbons (Fsp3) is 0.300. The molecule has 29 heavy (non-hydrogen) atoms. The maximum Gasteiger partial charge on any atom is 0.206 e. The molecule has 2 heterocycles. The van der Waals surface area contributed by atoms with Gasteiger partial charge in [0.15, 0.2) is 11.6 Å². The summed E-state index contributed by atoms with van der Waals surface area (Å²) in [5.74, 6) is -1.60. The van der Waals surface area contributed by atoms with Crippen LogP contribution in [0.4, 0.5) is 19.1 Å². The van der Waals surface area contributed by atoms with Crippen LogP contribution < -0.4 is 10.6 Å². The molecular weight excluding hydrogens is 403 g/mol. The number of rotatable bonds is 3. The molecule has 0 radical (unpaired) electrons. The molecule has 1 fully saturated rings. The van der Waals surface area contributed by atoms with Gasteiger partial charge in [-0.15, -0.1) is 0 Å². The number of hydrogen-bond donors (Lipinski definition) is 1. The van der Waals surface area contributed by atoms with Crippen LogP contribution in [0.3, 0.4) is 0 Å². The van der Waals surface area contributed by atoms with Crippen molar-refractivity contribution in [3.63, 3.8) is 0 Å². The summed E-state index contributed by atoms with van der Waals surface area (Å²) in [6.45, 7) is 0.741. The highest BCUT2D eigenvalue weighted by Gasteiger charge is 2.29. The monoisotopic (exact) mass is 419 g/mol. The van der Waals surface area contributed by atoms with Gasteiger partial charge >= 0.3 is 0 Å². The van der Waals surface area contributed by atoms with Gasteiger partial charge in [0.2, 0.25) is 5.95 Å². The number of nitrogens with two attached hydrogens (primary N) is 1. The molecule has 3 aromatic rings. The van der Waals surface area contributed by atoms with Gasteiger partial charge in [-0.25, -0.2) is 18.2 Å². The normalized spacial score (nSPS) is 19.5. The second-order valence-electron chi connectivity index (χ2n) is 7.08. The number of anilines is 1. The molecule has 1 aliphatic heterocycles. The lowest BCUT2D eigenvalue weighted by atomic mass is 10.1. The number of nitrogens with zero attached hydrogens (tertiary/aromatic N) is 4. The first-order chi connectivity index (χ1) is 13.9. The molecular formula is C20H17ClF3N5. The molecule has 2 aromatic carbocycles. The Morgan fingerprint density at radius 3 is 2.72 bits per heavy atom. The number of halogens is 4. The summed E-state index contributed by atoms with van der Waals surface area (Å²) in [7, 11) is 0. The third-order valence-corrected chi connectivity index (χ3v) is 5.37. The molecule has 0 saturated carbocycles. The molecule has 5 nitrogen and oxygen atoms in total. The summed E-state index contributed by atoms with van der Waals surface area (Å²) >= 11 is 6.09. The van der Waals surface area contributed by atoms with Crippen molar-refractivity contribution in [1.82, 2.24) is 9.55 Å². The number of alkyl halides is 1. The van der Waals surface area contributed by atoms with E-state index in [0.29, 0.717) is 34.2 Å². The van der Waals surface area contributed by atoms with Crippen molar-refractivity contribution >= 4 is 28.6 Å². The van der Waals surface area contributed by atoms with Crippen molar-refractivity contribution in [2.75, 3.05) is 18.0 Å². The highest BCUT2D eigenvalue weighted by molar-refractivity contribution is 6.30. The summed E-state index contributed by atoms with van der Waals surface area (Å²) in [4.78, 5) is 6.26. The number of nitriles is 1. The number of piperidine rings is 1. The fourth-order valence-corrected chi connectivity index (χ4v) is 3.81. The molecule has 1 aromatic heterocycles. The van der Waals surface area contributed by atoms with Crippen LogP contribution in [0.1, 0.15) is 17.5 Å². The third kappa shape index (κ3) is 3.63. The van der Waals surface area contributed by atoms with Crippen molar-refractivity contribution in [1.29, 1.82) is 5.26 Å². The van der Waals surface area contributed by atoms with E-state index in [9.17, 15) is 18.4 Å². The minimum atomic E-state index is -1.11. The Kier molecular flexibility index (Phi) is 5.11. The van der Waals surface area contributed by atoms with Gasteiger partial charge in [0.05, 0.1) is 35.3 Å². The predicted molar refractivity (Wildman–Crippen MR) is 105 cm³/mol. The highest BCUT2D eigenvalue weighted by Crippen LogP contribution is 2.29. The molecule has 0 spiro atoms. The van der Waals surface area contributed by atoms with E-state index < -0.39 is 23.8 Å². The average molecular weight is 420 g/mol. The lowest BCUT2D eigenvalue weighted by molar-refractivity contribution is 0.243. The van der Waals surface area contributed by atoms with Crippen molar-refractivity contribution in [2.24, 2.45) is 5.73 Å². The van der Waals surface area contributed by atoms with Crippen LogP contribution in [0, 0.1) is 23.0 Å². The van der Waals surface area contributed by atoms with E-state index in [1.54, 1.807) is 27.7 Å².